The zero-order valence-electron chi connectivity index (χ0n) is 16.7. The maximum Gasteiger partial charge on any atom is 0.315 e. The molecule has 1 saturated heterocycles. The molecule has 4 N–H and O–H groups in total. The summed E-state index contributed by atoms with van der Waals surface area (Å²) in [6.45, 7) is 2.60. The van der Waals surface area contributed by atoms with E-state index >= 15 is 0 Å². The molecule has 2 aromatic rings. The van der Waals surface area contributed by atoms with Gasteiger partial charge in [0.05, 0.1) is 17.6 Å². The van der Waals surface area contributed by atoms with Crippen LogP contribution in [0.3, 0.4) is 0 Å². The van der Waals surface area contributed by atoms with Crippen LogP contribution in [0.1, 0.15) is 11.1 Å². The van der Waals surface area contributed by atoms with Crippen molar-refractivity contribution in [3.05, 3.63) is 65.2 Å². The number of benzene rings is 2. The summed E-state index contributed by atoms with van der Waals surface area (Å²) in [5.74, 6) is -1.75. The molecule has 0 unspecified atom stereocenters. The largest absolute Gasteiger partial charge is 0.374 e. The van der Waals surface area contributed by atoms with E-state index in [-0.39, 0.29) is 24.1 Å². The molecule has 1 fully saturated rings. The van der Waals surface area contributed by atoms with E-state index in [1.165, 1.54) is 18.2 Å². The van der Waals surface area contributed by atoms with E-state index in [0.29, 0.717) is 37.4 Å². The predicted octanol–water partition coefficient (Wildman–Crippen LogP) is 1.31. The Morgan fingerprint density at radius 2 is 1.81 bits per heavy atom. The van der Waals surface area contributed by atoms with Gasteiger partial charge < -0.3 is 15.4 Å². The third kappa shape index (κ3) is 6.96. The van der Waals surface area contributed by atoms with Gasteiger partial charge in [0.25, 0.3) is 0 Å². The van der Waals surface area contributed by atoms with Gasteiger partial charge in [-0.25, -0.2) is 27.1 Å². The lowest BCUT2D eigenvalue weighted by atomic mass is 10.1. The van der Waals surface area contributed by atoms with Gasteiger partial charge in [0.2, 0.25) is 10.0 Å². The average Bonchev–Trinajstić information content (AvgIpc) is 2.73. The summed E-state index contributed by atoms with van der Waals surface area (Å²) in [4.78, 5) is 14.1. The van der Waals surface area contributed by atoms with Crippen molar-refractivity contribution in [3.8, 4) is 0 Å². The molecule has 0 aliphatic carbocycles. The first-order valence-corrected chi connectivity index (χ1v) is 11.2. The zero-order valence-corrected chi connectivity index (χ0v) is 17.5. The number of nitrogens with zero attached hydrogens (tertiary/aromatic N) is 1. The molecule has 0 radical (unpaired) electrons. The number of urea groups is 1. The smallest absolute Gasteiger partial charge is 0.315 e. The Morgan fingerprint density at radius 1 is 1.10 bits per heavy atom. The van der Waals surface area contributed by atoms with Crippen LogP contribution in [-0.4, -0.2) is 51.7 Å². The van der Waals surface area contributed by atoms with E-state index in [2.05, 4.69) is 10.6 Å². The van der Waals surface area contributed by atoms with E-state index in [1.54, 1.807) is 18.2 Å². The number of amides is 2. The maximum atomic E-state index is 13.4. The first kappa shape index (κ1) is 23.1. The van der Waals surface area contributed by atoms with Crippen molar-refractivity contribution < 1.29 is 26.7 Å². The molecule has 31 heavy (non-hydrogen) atoms. The molecule has 0 saturated carbocycles. The minimum atomic E-state index is -3.75. The van der Waals surface area contributed by atoms with Gasteiger partial charge in [-0.1, -0.05) is 18.2 Å². The second-order valence-corrected chi connectivity index (χ2v) is 8.79. The summed E-state index contributed by atoms with van der Waals surface area (Å²) < 4.78 is 54.6. The average molecular weight is 454 g/mol. The Labute approximate surface area is 179 Å². The van der Waals surface area contributed by atoms with Crippen molar-refractivity contribution in [2.45, 2.75) is 24.1 Å². The van der Waals surface area contributed by atoms with Crippen LogP contribution in [0.15, 0.2) is 47.4 Å². The number of hydrogen-bond acceptors (Lipinski definition) is 5. The van der Waals surface area contributed by atoms with Crippen LogP contribution in [-0.2, 0) is 27.8 Å². The van der Waals surface area contributed by atoms with E-state index in [0.717, 1.165) is 6.07 Å². The highest BCUT2D eigenvalue weighted by Gasteiger charge is 2.21. The molecular formula is C20H24F2N4O4S. The number of nitrogens with two attached hydrogens (primary N) is 1. The number of rotatable bonds is 7. The van der Waals surface area contributed by atoms with Gasteiger partial charge in [0.1, 0.15) is 0 Å². The summed E-state index contributed by atoms with van der Waals surface area (Å²) in [5, 5.41) is 10.5. The summed E-state index contributed by atoms with van der Waals surface area (Å²) in [6, 6.07) is 9.34. The molecule has 2 aromatic carbocycles. The Hall–Kier alpha value is -2.60. The van der Waals surface area contributed by atoms with Crippen molar-refractivity contribution in [1.29, 1.82) is 0 Å². The van der Waals surface area contributed by atoms with Crippen molar-refractivity contribution in [2.75, 3.05) is 26.2 Å². The Bertz CT molecular complexity index is 1020. The van der Waals surface area contributed by atoms with E-state index in [4.69, 9.17) is 9.88 Å². The number of carbonyl (C=O) groups excluding carboxylic acids is 1. The highest BCUT2D eigenvalue weighted by atomic mass is 32.2. The van der Waals surface area contributed by atoms with Crippen LogP contribution >= 0.6 is 0 Å². The highest BCUT2D eigenvalue weighted by Crippen LogP contribution is 2.14. The number of primary sulfonamides is 1. The molecule has 2 amide bonds. The van der Waals surface area contributed by atoms with Crippen molar-refractivity contribution in [3.63, 3.8) is 0 Å². The molecule has 168 valence electrons. The van der Waals surface area contributed by atoms with Crippen LogP contribution in [0.4, 0.5) is 13.6 Å². The van der Waals surface area contributed by atoms with E-state index < -0.39 is 27.7 Å². The third-order valence-corrected chi connectivity index (χ3v) is 5.74. The standard InChI is InChI=1S/C20H24F2N4O4S/c21-18-6-3-15(9-19(18)22)12-26-7-8-30-16(13-26)11-25-20(27)24-10-14-1-4-17(5-2-14)31(23,28)29/h1-6,9,16H,7-8,10-13H2,(H2,23,28,29)(H2,24,25,27)/t16-/m0/s1. The molecule has 8 nitrogen and oxygen atoms in total. The van der Waals surface area contributed by atoms with E-state index in [9.17, 15) is 22.0 Å². The van der Waals surface area contributed by atoms with Crippen LogP contribution in [0.25, 0.3) is 0 Å². The van der Waals surface area contributed by atoms with Gasteiger partial charge in [0, 0.05) is 32.7 Å². The molecule has 0 aromatic heterocycles. The highest BCUT2D eigenvalue weighted by molar-refractivity contribution is 7.89. The fourth-order valence-electron chi connectivity index (χ4n) is 3.19. The number of nitrogens with one attached hydrogen (secondary N) is 2. The Kier molecular flexibility index (Phi) is 7.55. The van der Waals surface area contributed by atoms with Crippen LogP contribution in [0, 0.1) is 11.6 Å². The van der Waals surface area contributed by atoms with Gasteiger partial charge in [-0.15, -0.1) is 0 Å². The lowest BCUT2D eigenvalue weighted by molar-refractivity contribution is -0.0287. The van der Waals surface area contributed by atoms with E-state index in [1.807, 2.05) is 4.90 Å². The number of carbonyl (C=O) groups is 1. The lowest BCUT2D eigenvalue weighted by Crippen LogP contribution is -2.48. The SMILES string of the molecule is NS(=O)(=O)c1ccc(CNC(=O)NC[C@H]2CN(Cc3ccc(F)c(F)c3)CCO2)cc1. The first-order valence-electron chi connectivity index (χ1n) is 9.62. The Morgan fingerprint density at radius 3 is 2.48 bits per heavy atom. The first-order chi connectivity index (χ1) is 14.7. The van der Waals surface area contributed by atoms with Gasteiger partial charge in [-0.05, 0) is 35.4 Å². The molecule has 3 rings (SSSR count). The van der Waals surface area contributed by atoms with Gasteiger partial charge in [0.15, 0.2) is 11.6 Å². The fraction of sp³-hybridized carbons (Fsp3) is 0.350. The summed E-state index contributed by atoms with van der Waals surface area (Å²) in [6.07, 6.45) is -0.237. The quantitative estimate of drug-likeness (QED) is 0.584. The summed E-state index contributed by atoms with van der Waals surface area (Å²) in [7, 11) is -3.75. The zero-order chi connectivity index (χ0) is 22.4. The molecule has 1 aliphatic rings. The minimum Gasteiger partial charge on any atom is -0.374 e. The molecule has 0 bridgehead atoms. The van der Waals surface area contributed by atoms with Crippen LogP contribution in [0.2, 0.25) is 0 Å². The fourth-order valence-corrected chi connectivity index (χ4v) is 3.71. The number of halogens is 2. The van der Waals surface area contributed by atoms with Crippen molar-refractivity contribution in [2.24, 2.45) is 5.14 Å². The Balaban J connectivity index is 1.41. The second-order valence-electron chi connectivity index (χ2n) is 7.23. The molecular weight excluding hydrogens is 430 g/mol. The van der Waals surface area contributed by atoms with Crippen molar-refractivity contribution in [1.82, 2.24) is 15.5 Å². The molecule has 11 heteroatoms. The van der Waals surface area contributed by atoms with Gasteiger partial charge >= 0.3 is 6.03 Å². The molecule has 1 atom stereocenters. The number of ether oxygens (including phenoxy) is 1. The molecule has 1 aliphatic heterocycles. The predicted molar refractivity (Wildman–Crippen MR) is 109 cm³/mol. The maximum absolute atomic E-state index is 13.4. The molecule has 1 heterocycles. The van der Waals surface area contributed by atoms with Gasteiger partial charge in [-0.2, -0.15) is 0 Å². The number of morpholine rings is 1. The van der Waals surface area contributed by atoms with Crippen LogP contribution < -0.4 is 15.8 Å². The normalized spacial score (nSPS) is 17.3. The van der Waals surface area contributed by atoms with Crippen LogP contribution in [0.5, 0.6) is 0 Å². The number of sulfonamides is 1. The molecule has 0 spiro atoms. The monoisotopic (exact) mass is 454 g/mol. The van der Waals surface area contributed by atoms with Crippen molar-refractivity contribution >= 4 is 16.1 Å². The summed E-state index contributed by atoms with van der Waals surface area (Å²) in [5.41, 5.74) is 1.38. The topological polar surface area (TPSA) is 114 Å². The lowest BCUT2D eigenvalue weighted by Gasteiger charge is -2.33. The summed E-state index contributed by atoms with van der Waals surface area (Å²) >= 11 is 0. The number of hydrogen-bond donors (Lipinski definition) is 3. The third-order valence-electron chi connectivity index (χ3n) is 4.81. The van der Waals surface area contributed by atoms with Gasteiger partial charge in [-0.3, -0.25) is 4.90 Å². The minimum absolute atomic E-state index is 0.00285. The second kappa shape index (κ2) is 10.1.